The van der Waals surface area contributed by atoms with Crippen molar-refractivity contribution in [2.45, 2.75) is 25.8 Å². The molecule has 1 amide bonds. The van der Waals surface area contributed by atoms with Gasteiger partial charge in [-0.15, -0.1) is 29.9 Å². The van der Waals surface area contributed by atoms with Gasteiger partial charge in [0.15, 0.2) is 5.69 Å². The van der Waals surface area contributed by atoms with Crippen LogP contribution in [0.3, 0.4) is 0 Å². The van der Waals surface area contributed by atoms with Crippen LogP contribution < -0.4 is 10.6 Å². The van der Waals surface area contributed by atoms with Crippen LogP contribution in [0.25, 0.3) is 16.6 Å². The normalized spacial score (nSPS) is 14.3. The molecule has 1 aliphatic rings. The topological polar surface area (TPSA) is 84.7 Å². The molecule has 1 saturated heterocycles. The predicted molar refractivity (Wildman–Crippen MR) is 109 cm³/mol. The van der Waals surface area contributed by atoms with Crippen molar-refractivity contribution in [2.24, 2.45) is 0 Å². The third-order valence-corrected chi connectivity index (χ3v) is 4.62. The fraction of sp³-hybridized carbons (Fsp3) is 0.333. The van der Waals surface area contributed by atoms with Crippen molar-refractivity contribution in [3.63, 3.8) is 0 Å². The summed E-state index contributed by atoms with van der Waals surface area (Å²) < 4.78 is 1.69. The number of carbonyl (C=O) groups excluding carboxylic acids is 1. The SMILES string of the molecule is Cc1c(C(=O)NC2CCNCC2)nnn1-c1cccc2cccnc12.Cl.Cl. The zero-order chi connectivity index (χ0) is 17.2. The number of pyridine rings is 1. The molecule has 0 bridgehead atoms. The molecule has 0 spiro atoms. The summed E-state index contributed by atoms with van der Waals surface area (Å²) in [6, 6.07) is 9.99. The molecule has 0 aliphatic carbocycles. The molecule has 3 aromatic rings. The molecule has 3 heterocycles. The van der Waals surface area contributed by atoms with Gasteiger partial charge in [-0.1, -0.05) is 23.4 Å². The van der Waals surface area contributed by atoms with Gasteiger partial charge in [0.05, 0.1) is 16.9 Å². The lowest BCUT2D eigenvalue weighted by atomic mass is 10.1. The van der Waals surface area contributed by atoms with Crippen molar-refractivity contribution < 1.29 is 4.79 Å². The van der Waals surface area contributed by atoms with Gasteiger partial charge in [-0.05, 0) is 45.0 Å². The number of fused-ring (bicyclic) bond motifs is 1. The van der Waals surface area contributed by atoms with Gasteiger partial charge < -0.3 is 10.6 Å². The van der Waals surface area contributed by atoms with Crippen LogP contribution in [0.15, 0.2) is 36.5 Å². The molecule has 0 saturated carbocycles. The zero-order valence-electron chi connectivity index (χ0n) is 14.9. The summed E-state index contributed by atoms with van der Waals surface area (Å²) in [7, 11) is 0. The summed E-state index contributed by atoms with van der Waals surface area (Å²) in [5, 5.41) is 15.7. The second-order valence-electron chi connectivity index (χ2n) is 6.29. The fourth-order valence-electron chi connectivity index (χ4n) is 3.25. The molecule has 1 aromatic carbocycles. The average molecular weight is 409 g/mol. The number of aromatic nitrogens is 4. The molecule has 9 heteroatoms. The van der Waals surface area contributed by atoms with Crippen molar-refractivity contribution in [2.75, 3.05) is 13.1 Å². The number of hydrogen-bond acceptors (Lipinski definition) is 5. The maximum absolute atomic E-state index is 12.6. The van der Waals surface area contributed by atoms with Gasteiger partial charge >= 0.3 is 0 Å². The highest BCUT2D eigenvalue weighted by Gasteiger charge is 2.22. The number of carbonyl (C=O) groups is 1. The Morgan fingerprint density at radius 2 is 1.93 bits per heavy atom. The highest BCUT2D eigenvalue weighted by Crippen LogP contribution is 2.21. The smallest absolute Gasteiger partial charge is 0.273 e. The van der Waals surface area contributed by atoms with E-state index in [-0.39, 0.29) is 36.8 Å². The lowest BCUT2D eigenvalue weighted by molar-refractivity contribution is 0.0923. The van der Waals surface area contributed by atoms with Gasteiger partial charge in [-0.25, -0.2) is 4.68 Å². The number of nitrogens with one attached hydrogen (secondary N) is 2. The first kappa shape index (κ1) is 21.1. The van der Waals surface area contributed by atoms with Crippen molar-refractivity contribution in [3.8, 4) is 5.69 Å². The Labute approximate surface area is 169 Å². The predicted octanol–water partition coefficient (Wildman–Crippen LogP) is 2.45. The van der Waals surface area contributed by atoms with Crippen LogP contribution in [0, 0.1) is 6.92 Å². The summed E-state index contributed by atoms with van der Waals surface area (Å²) >= 11 is 0. The van der Waals surface area contributed by atoms with Gasteiger partial charge in [-0.3, -0.25) is 9.78 Å². The minimum absolute atomic E-state index is 0. The van der Waals surface area contributed by atoms with Gasteiger partial charge in [0, 0.05) is 17.6 Å². The van der Waals surface area contributed by atoms with E-state index in [1.165, 1.54) is 0 Å². The Morgan fingerprint density at radius 3 is 2.70 bits per heavy atom. The standard InChI is InChI=1S/C18H20N6O.2ClH/c1-12-16(18(25)21-14-7-10-19-11-8-14)22-23-24(12)15-6-2-4-13-5-3-9-20-17(13)15;;/h2-6,9,14,19H,7-8,10-11H2,1H3,(H,21,25);2*1H. The lowest BCUT2D eigenvalue weighted by Gasteiger charge is -2.23. The Kier molecular flexibility index (Phi) is 7.12. The van der Waals surface area contributed by atoms with E-state index >= 15 is 0 Å². The molecule has 4 rings (SSSR count). The van der Waals surface area contributed by atoms with Crippen LogP contribution in [0.5, 0.6) is 0 Å². The molecular weight excluding hydrogens is 387 g/mol. The number of piperidine rings is 1. The molecule has 0 radical (unpaired) electrons. The van der Waals surface area contributed by atoms with E-state index in [4.69, 9.17) is 0 Å². The maximum Gasteiger partial charge on any atom is 0.273 e. The molecular formula is C18H22Cl2N6O. The van der Waals surface area contributed by atoms with E-state index in [1.807, 2.05) is 37.3 Å². The van der Waals surface area contributed by atoms with Crippen LogP contribution in [0.2, 0.25) is 0 Å². The lowest BCUT2D eigenvalue weighted by Crippen LogP contribution is -2.43. The Bertz CT molecular complexity index is 918. The van der Waals surface area contributed by atoms with Crippen molar-refractivity contribution in [3.05, 3.63) is 47.9 Å². The molecule has 2 N–H and O–H groups in total. The maximum atomic E-state index is 12.6. The Balaban J connectivity index is 0.00000131. The van der Waals surface area contributed by atoms with Crippen LogP contribution in [0.1, 0.15) is 29.0 Å². The second-order valence-corrected chi connectivity index (χ2v) is 6.29. The summed E-state index contributed by atoms with van der Waals surface area (Å²) in [6.07, 6.45) is 3.63. The quantitative estimate of drug-likeness (QED) is 0.694. The summed E-state index contributed by atoms with van der Waals surface area (Å²) in [5.74, 6) is -0.163. The first-order chi connectivity index (χ1) is 12.2. The summed E-state index contributed by atoms with van der Waals surface area (Å²) in [5.41, 5.74) is 2.74. The van der Waals surface area contributed by atoms with E-state index in [0.29, 0.717) is 11.4 Å². The Morgan fingerprint density at radius 1 is 1.19 bits per heavy atom. The third-order valence-electron chi connectivity index (χ3n) is 4.62. The number of amides is 1. The molecule has 1 aliphatic heterocycles. The van der Waals surface area contributed by atoms with E-state index in [9.17, 15) is 4.79 Å². The second kappa shape index (κ2) is 9.12. The van der Waals surface area contributed by atoms with Gasteiger partial charge in [-0.2, -0.15) is 0 Å². The summed E-state index contributed by atoms with van der Waals surface area (Å²) in [4.78, 5) is 17.0. The van der Waals surface area contributed by atoms with Gasteiger partial charge in [0.1, 0.15) is 0 Å². The molecule has 7 nitrogen and oxygen atoms in total. The summed E-state index contributed by atoms with van der Waals surface area (Å²) in [6.45, 7) is 3.72. The highest BCUT2D eigenvalue weighted by atomic mass is 35.5. The van der Waals surface area contributed by atoms with E-state index in [1.54, 1.807) is 10.9 Å². The number of halogens is 2. The number of hydrogen-bond donors (Lipinski definition) is 2. The van der Waals surface area contributed by atoms with E-state index in [2.05, 4.69) is 25.9 Å². The number of para-hydroxylation sites is 1. The minimum Gasteiger partial charge on any atom is -0.348 e. The molecule has 1 fully saturated rings. The molecule has 27 heavy (non-hydrogen) atoms. The number of rotatable bonds is 3. The molecule has 0 unspecified atom stereocenters. The largest absolute Gasteiger partial charge is 0.348 e. The van der Waals surface area contributed by atoms with Crippen LogP contribution in [-0.2, 0) is 0 Å². The molecule has 0 atom stereocenters. The molecule has 144 valence electrons. The monoisotopic (exact) mass is 408 g/mol. The van der Waals surface area contributed by atoms with Crippen LogP contribution >= 0.6 is 24.8 Å². The van der Waals surface area contributed by atoms with Gasteiger partial charge in [0.2, 0.25) is 0 Å². The number of nitrogens with zero attached hydrogens (tertiary/aromatic N) is 4. The van der Waals surface area contributed by atoms with E-state index in [0.717, 1.165) is 42.5 Å². The third kappa shape index (κ3) is 4.21. The first-order valence-corrected chi connectivity index (χ1v) is 8.52. The first-order valence-electron chi connectivity index (χ1n) is 8.52. The van der Waals surface area contributed by atoms with Crippen LogP contribution in [0.4, 0.5) is 0 Å². The fourth-order valence-corrected chi connectivity index (χ4v) is 3.25. The minimum atomic E-state index is -0.163. The molecule has 2 aromatic heterocycles. The van der Waals surface area contributed by atoms with Crippen molar-refractivity contribution in [1.29, 1.82) is 0 Å². The van der Waals surface area contributed by atoms with E-state index < -0.39 is 0 Å². The van der Waals surface area contributed by atoms with Crippen molar-refractivity contribution in [1.82, 2.24) is 30.6 Å². The highest BCUT2D eigenvalue weighted by molar-refractivity contribution is 5.94. The Hall–Kier alpha value is -2.22. The average Bonchev–Trinajstić information content (AvgIpc) is 3.03. The van der Waals surface area contributed by atoms with Gasteiger partial charge in [0.25, 0.3) is 5.91 Å². The number of benzene rings is 1. The zero-order valence-corrected chi connectivity index (χ0v) is 16.5. The van der Waals surface area contributed by atoms with Crippen molar-refractivity contribution >= 4 is 41.6 Å². The van der Waals surface area contributed by atoms with Crippen LogP contribution in [-0.4, -0.2) is 45.0 Å².